The molecule has 0 radical (unpaired) electrons. The molecule has 0 aromatic heterocycles. The second kappa shape index (κ2) is 4.98. The molecule has 4 nitrogen and oxygen atoms in total. The molecule has 1 aliphatic rings. The Morgan fingerprint density at radius 3 is 1.32 bits per heavy atom. The summed E-state index contributed by atoms with van der Waals surface area (Å²) in [6, 6.07) is 10.8. The normalized spacial score (nSPS) is 12.7. The van der Waals surface area contributed by atoms with Crippen molar-refractivity contribution in [2.24, 2.45) is 0 Å². The lowest BCUT2D eigenvalue weighted by Gasteiger charge is -2.22. The molecule has 22 heavy (non-hydrogen) atoms. The first kappa shape index (κ1) is 14.3. The molecule has 2 aromatic carbocycles. The van der Waals surface area contributed by atoms with E-state index in [0.29, 0.717) is 22.3 Å². The summed E-state index contributed by atoms with van der Waals surface area (Å²) in [5.74, 6) is -0.169. The summed E-state index contributed by atoms with van der Waals surface area (Å²) < 4.78 is 0. The molecule has 0 unspecified atom stereocenters. The second-order valence-corrected chi connectivity index (χ2v) is 5.91. The Morgan fingerprint density at radius 2 is 0.955 bits per heavy atom. The summed E-state index contributed by atoms with van der Waals surface area (Å²) in [5.41, 5.74) is 3.76. The van der Waals surface area contributed by atoms with Gasteiger partial charge >= 0.3 is 0 Å². The first-order valence-corrected chi connectivity index (χ1v) is 7.12. The fraction of sp³-hybridized carbons (Fsp3) is 0.222. The highest BCUT2D eigenvalue weighted by Crippen LogP contribution is 2.31. The lowest BCUT2D eigenvalue weighted by atomic mass is 9.83. The van der Waals surface area contributed by atoms with E-state index in [4.69, 9.17) is 0 Å². The zero-order chi connectivity index (χ0) is 16.0. The van der Waals surface area contributed by atoms with Crippen molar-refractivity contribution in [2.75, 3.05) is 38.0 Å². The molecule has 2 aromatic rings. The number of benzene rings is 2. The van der Waals surface area contributed by atoms with E-state index >= 15 is 0 Å². The molecular weight excluding hydrogens is 276 g/mol. The summed E-state index contributed by atoms with van der Waals surface area (Å²) in [5, 5.41) is 0. The quantitative estimate of drug-likeness (QED) is 0.728. The van der Waals surface area contributed by atoms with Gasteiger partial charge in [0.2, 0.25) is 0 Å². The summed E-state index contributed by atoms with van der Waals surface area (Å²) >= 11 is 0. The molecule has 0 amide bonds. The molecule has 0 saturated carbocycles. The van der Waals surface area contributed by atoms with Gasteiger partial charge in [-0.1, -0.05) is 0 Å². The fourth-order valence-corrected chi connectivity index (χ4v) is 2.68. The third-order valence-electron chi connectivity index (χ3n) is 4.02. The van der Waals surface area contributed by atoms with Crippen LogP contribution >= 0.6 is 0 Å². The highest BCUT2D eigenvalue weighted by Gasteiger charge is 2.30. The largest absolute Gasteiger partial charge is 0.378 e. The molecule has 0 atom stereocenters. The van der Waals surface area contributed by atoms with E-state index in [9.17, 15) is 9.59 Å². The molecule has 112 valence electrons. The van der Waals surface area contributed by atoms with Gasteiger partial charge in [0.1, 0.15) is 0 Å². The van der Waals surface area contributed by atoms with E-state index in [1.165, 1.54) is 0 Å². The van der Waals surface area contributed by atoms with Gasteiger partial charge in [-0.25, -0.2) is 0 Å². The molecule has 3 rings (SSSR count). The number of anilines is 2. The van der Waals surface area contributed by atoms with Gasteiger partial charge in [0.15, 0.2) is 11.6 Å². The van der Waals surface area contributed by atoms with E-state index in [2.05, 4.69) is 0 Å². The standard InChI is InChI=1S/C18H18N2O2/c1-19(2)11-5-7-13-15(9-11)18(22)16-10-12(20(3)4)6-8-14(16)17(13)21/h5-10H,1-4H3. The average Bonchev–Trinajstić information content (AvgIpc) is 2.51. The fourth-order valence-electron chi connectivity index (χ4n) is 2.68. The summed E-state index contributed by atoms with van der Waals surface area (Å²) in [6.45, 7) is 0. The number of fused-ring (bicyclic) bond motifs is 2. The van der Waals surface area contributed by atoms with Crippen LogP contribution in [0.5, 0.6) is 0 Å². The predicted octanol–water partition coefficient (Wildman–Crippen LogP) is 2.59. The lowest BCUT2D eigenvalue weighted by Crippen LogP contribution is -2.22. The zero-order valence-corrected chi connectivity index (χ0v) is 13.2. The summed E-state index contributed by atoms with van der Waals surface area (Å²) in [6.07, 6.45) is 0. The van der Waals surface area contributed by atoms with Crippen molar-refractivity contribution in [1.29, 1.82) is 0 Å². The first-order valence-electron chi connectivity index (χ1n) is 7.12. The van der Waals surface area contributed by atoms with Crippen LogP contribution in [-0.4, -0.2) is 39.8 Å². The molecule has 4 heteroatoms. The molecule has 1 aliphatic carbocycles. The molecule has 0 fully saturated rings. The Bertz CT molecular complexity index is 728. The Balaban J connectivity index is 2.19. The van der Waals surface area contributed by atoms with Crippen molar-refractivity contribution in [2.45, 2.75) is 0 Å². The van der Waals surface area contributed by atoms with Gasteiger partial charge in [0.05, 0.1) is 0 Å². The van der Waals surface area contributed by atoms with Gasteiger partial charge in [0.25, 0.3) is 0 Å². The number of nitrogens with zero attached hydrogens (tertiary/aromatic N) is 2. The molecule has 0 saturated heterocycles. The van der Waals surface area contributed by atoms with E-state index < -0.39 is 0 Å². The number of hydrogen-bond donors (Lipinski definition) is 0. The number of hydrogen-bond acceptors (Lipinski definition) is 4. The summed E-state index contributed by atoms with van der Waals surface area (Å²) in [4.78, 5) is 29.3. The van der Waals surface area contributed by atoms with Crippen LogP contribution in [0.2, 0.25) is 0 Å². The Morgan fingerprint density at radius 1 is 0.591 bits per heavy atom. The van der Waals surface area contributed by atoms with E-state index in [1.54, 1.807) is 24.3 Å². The van der Waals surface area contributed by atoms with Gasteiger partial charge in [-0.2, -0.15) is 0 Å². The van der Waals surface area contributed by atoms with Crippen molar-refractivity contribution in [3.63, 3.8) is 0 Å². The number of ketones is 2. The Hall–Kier alpha value is -2.62. The van der Waals surface area contributed by atoms with Gasteiger partial charge in [0, 0.05) is 61.8 Å². The third-order valence-corrected chi connectivity index (χ3v) is 4.02. The molecule has 0 bridgehead atoms. The smallest absolute Gasteiger partial charge is 0.194 e. The van der Waals surface area contributed by atoms with Crippen molar-refractivity contribution in [1.82, 2.24) is 0 Å². The average molecular weight is 294 g/mol. The van der Waals surface area contributed by atoms with Gasteiger partial charge in [-0.15, -0.1) is 0 Å². The second-order valence-electron chi connectivity index (χ2n) is 5.91. The van der Waals surface area contributed by atoms with Crippen LogP contribution in [0.1, 0.15) is 31.8 Å². The maximum Gasteiger partial charge on any atom is 0.194 e. The first-order chi connectivity index (χ1) is 10.4. The molecule has 0 spiro atoms. The summed E-state index contributed by atoms with van der Waals surface area (Å²) in [7, 11) is 7.65. The minimum atomic E-state index is -0.0861. The van der Waals surface area contributed by atoms with Crippen molar-refractivity contribution >= 4 is 22.9 Å². The zero-order valence-electron chi connectivity index (χ0n) is 13.2. The van der Waals surface area contributed by atoms with Gasteiger partial charge in [-0.05, 0) is 36.4 Å². The van der Waals surface area contributed by atoms with Crippen LogP contribution in [0.4, 0.5) is 11.4 Å². The minimum Gasteiger partial charge on any atom is -0.378 e. The molecular formula is C18H18N2O2. The van der Waals surface area contributed by atoms with Crippen molar-refractivity contribution in [3.05, 3.63) is 58.7 Å². The van der Waals surface area contributed by atoms with Crippen LogP contribution in [0, 0.1) is 0 Å². The monoisotopic (exact) mass is 294 g/mol. The number of carbonyl (C=O) groups is 2. The Kier molecular flexibility index (Phi) is 3.24. The van der Waals surface area contributed by atoms with Gasteiger partial charge < -0.3 is 9.80 Å². The third kappa shape index (κ3) is 2.08. The van der Waals surface area contributed by atoms with E-state index in [1.807, 2.05) is 50.1 Å². The lowest BCUT2D eigenvalue weighted by molar-refractivity contribution is 0.0979. The molecule has 0 N–H and O–H groups in total. The van der Waals surface area contributed by atoms with Crippen molar-refractivity contribution in [3.8, 4) is 0 Å². The van der Waals surface area contributed by atoms with Crippen LogP contribution in [-0.2, 0) is 0 Å². The SMILES string of the molecule is CN(C)c1ccc2c(c1)C(=O)c1cc(N(C)C)ccc1C2=O. The molecule has 0 heterocycles. The minimum absolute atomic E-state index is 0.0831. The van der Waals surface area contributed by atoms with Crippen molar-refractivity contribution < 1.29 is 9.59 Å². The van der Waals surface area contributed by atoms with Gasteiger partial charge in [-0.3, -0.25) is 9.59 Å². The van der Waals surface area contributed by atoms with Crippen LogP contribution in [0.15, 0.2) is 36.4 Å². The topological polar surface area (TPSA) is 40.6 Å². The number of rotatable bonds is 2. The van der Waals surface area contributed by atoms with Crippen LogP contribution in [0.25, 0.3) is 0 Å². The van der Waals surface area contributed by atoms with Crippen LogP contribution < -0.4 is 9.80 Å². The maximum absolute atomic E-state index is 12.8. The Labute approximate surface area is 130 Å². The predicted molar refractivity (Wildman–Crippen MR) is 88.4 cm³/mol. The van der Waals surface area contributed by atoms with E-state index in [-0.39, 0.29) is 11.6 Å². The molecule has 0 aliphatic heterocycles. The maximum atomic E-state index is 12.8. The highest BCUT2D eigenvalue weighted by molar-refractivity contribution is 6.28. The number of carbonyl (C=O) groups excluding carboxylic acids is 2. The highest BCUT2D eigenvalue weighted by atomic mass is 16.1. The van der Waals surface area contributed by atoms with Crippen LogP contribution in [0.3, 0.4) is 0 Å². The van der Waals surface area contributed by atoms with E-state index in [0.717, 1.165) is 11.4 Å².